The van der Waals surface area contributed by atoms with E-state index in [9.17, 15) is 14.0 Å². The van der Waals surface area contributed by atoms with Gasteiger partial charge in [0.05, 0.1) is 25.6 Å². The zero-order chi connectivity index (χ0) is 21.3. The van der Waals surface area contributed by atoms with Crippen LogP contribution in [0, 0.1) is 5.82 Å². The van der Waals surface area contributed by atoms with E-state index < -0.39 is 0 Å². The van der Waals surface area contributed by atoms with Crippen LogP contribution in [0.2, 0.25) is 0 Å². The number of halogens is 1. The summed E-state index contributed by atoms with van der Waals surface area (Å²) >= 11 is 0. The second-order valence-corrected chi connectivity index (χ2v) is 6.70. The minimum Gasteiger partial charge on any atom is -0.495 e. The van der Waals surface area contributed by atoms with Crippen molar-refractivity contribution in [1.82, 2.24) is 4.90 Å². The maximum Gasteiger partial charge on any atom is 0.244 e. The van der Waals surface area contributed by atoms with Gasteiger partial charge in [-0.25, -0.2) is 4.39 Å². The number of rotatable bonds is 9. The fourth-order valence-electron chi connectivity index (χ4n) is 2.99. The third-order valence-corrected chi connectivity index (χ3v) is 4.54. The number of para-hydroxylation sites is 2. The molecule has 0 saturated heterocycles. The fourth-order valence-corrected chi connectivity index (χ4v) is 2.99. The van der Waals surface area contributed by atoms with Gasteiger partial charge in [0.15, 0.2) is 0 Å². The van der Waals surface area contributed by atoms with Crippen LogP contribution in [0.3, 0.4) is 0 Å². The molecule has 2 aromatic carbocycles. The van der Waals surface area contributed by atoms with Crippen molar-refractivity contribution in [3.63, 3.8) is 0 Å². The van der Waals surface area contributed by atoms with E-state index in [1.165, 1.54) is 30.4 Å². The normalized spacial score (nSPS) is 10.5. The molecule has 3 aromatic rings. The van der Waals surface area contributed by atoms with E-state index >= 15 is 0 Å². The first kappa shape index (κ1) is 21.1. The summed E-state index contributed by atoms with van der Waals surface area (Å²) in [5.74, 6) is 0.242. The predicted octanol–water partition coefficient (Wildman–Crippen LogP) is 4.03. The van der Waals surface area contributed by atoms with Gasteiger partial charge in [-0.3, -0.25) is 9.59 Å². The van der Waals surface area contributed by atoms with Crippen molar-refractivity contribution in [3.8, 4) is 5.75 Å². The highest BCUT2D eigenvalue weighted by Crippen LogP contribution is 2.23. The molecular weight excluding hydrogens is 387 g/mol. The Morgan fingerprint density at radius 3 is 2.53 bits per heavy atom. The summed E-state index contributed by atoms with van der Waals surface area (Å²) in [5, 5.41) is 2.78. The summed E-state index contributed by atoms with van der Waals surface area (Å²) in [6.45, 7) is 0.0373. The van der Waals surface area contributed by atoms with Crippen molar-refractivity contribution in [1.29, 1.82) is 0 Å². The van der Waals surface area contributed by atoms with Crippen LogP contribution in [-0.2, 0) is 22.6 Å². The van der Waals surface area contributed by atoms with Gasteiger partial charge in [0.1, 0.15) is 23.9 Å². The third kappa shape index (κ3) is 5.94. The molecule has 3 rings (SSSR count). The molecule has 1 aromatic heterocycles. The van der Waals surface area contributed by atoms with Crippen LogP contribution in [0.1, 0.15) is 17.7 Å². The topological polar surface area (TPSA) is 71.8 Å². The van der Waals surface area contributed by atoms with Crippen molar-refractivity contribution < 1.29 is 23.1 Å². The molecule has 156 valence electrons. The molecule has 2 amide bonds. The summed E-state index contributed by atoms with van der Waals surface area (Å²) < 4.78 is 23.6. The first-order valence-electron chi connectivity index (χ1n) is 9.52. The number of methoxy groups -OCH3 is 1. The Bertz CT molecular complexity index is 971. The lowest BCUT2D eigenvalue weighted by atomic mass is 10.1. The second kappa shape index (κ2) is 10.2. The quantitative estimate of drug-likeness (QED) is 0.578. The standard InChI is InChI=1S/C23H23FN2O4/c1-29-21-7-3-2-6-20(21)25-22(27)16-26(15-19-5-4-14-30-19)23(28)13-10-17-8-11-18(24)12-9-17/h2-9,11-12,14H,10,13,15-16H2,1H3,(H,25,27). The van der Waals surface area contributed by atoms with Crippen LogP contribution in [-0.4, -0.2) is 30.4 Å². The lowest BCUT2D eigenvalue weighted by Crippen LogP contribution is -2.37. The fraction of sp³-hybridized carbons (Fsp3) is 0.217. The minimum absolute atomic E-state index is 0.138. The number of amides is 2. The van der Waals surface area contributed by atoms with E-state index in [4.69, 9.17) is 9.15 Å². The molecular formula is C23H23FN2O4. The molecule has 0 aliphatic heterocycles. The number of ether oxygens (including phenoxy) is 1. The summed E-state index contributed by atoms with van der Waals surface area (Å²) in [6.07, 6.45) is 2.15. The number of furan rings is 1. The maximum atomic E-state index is 13.1. The van der Waals surface area contributed by atoms with Crippen LogP contribution < -0.4 is 10.1 Å². The Kier molecular flexibility index (Phi) is 7.21. The molecule has 0 bridgehead atoms. The van der Waals surface area contributed by atoms with Gasteiger partial charge in [0.2, 0.25) is 11.8 Å². The number of benzene rings is 2. The monoisotopic (exact) mass is 410 g/mol. The van der Waals surface area contributed by atoms with E-state index in [0.29, 0.717) is 23.6 Å². The Morgan fingerprint density at radius 1 is 1.07 bits per heavy atom. The molecule has 0 aliphatic carbocycles. The van der Waals surface area contributed by atoms with Crippen LogP contribution in [0.5, 0.6) is 5.75 Å². The van der Waals surface area contributed by atoms with Gasteiger partial charge >= 0.3 is 0 Å². The summed E-state index contributed by atoms with van der Waals surface area (Å²) in [7, 11) is 1.52. The molecule has 0 saturated carbocycles. The van der Waals surface area contributed by atoms with Crippen LogP contribution in [0.4, 0.5) is 10.1 Å². The first-order valence-corrected chi connectivity index (χ1v) is 9.52. The van der Waals surface area contributed by atoms with Gasteiger partial charge in [0, 0.05) is 6.42 Å². The number of nitrogens with one attached hydrogen (secondary N) is 1. The van der Waals surface area contributed by atoms with E-state index in [2.05, 4.69) is 5.32 Å². The average Bonchev–Trinajstić information content (AvgIpc) is 3.26. The van der Waals surface area contributed by atoms with E-state index in [1.807, 2.05) is 0 Å². The molecule has 6 nitrogen and oxygen atoms in total. The van der Waals surface area contributed by atoms with Crippen molar-refractivity contribution >= 4 is 17.5 Å². The minimum atomic E-state index is -0.346. The van der Waals surface area contributed by atoms with Crippen LogP contribution >= 0.6 is 0 Å². The van der Waals surface area contributed by atoms with Gasteiger partial charge in [0.25, 0.3) is 0 Å². The number of carbonyl (C=O) groups is 2. The Hall–Kier alpha value is -3.61. The molecule has 0 spiro atoms. The van der Waals surface area contributed by atoms with Gasteiger partial charge in [-0.05, 0) is 48.4 Å². The SMILES string of the molecule is COc1ccccc1NC(=O)CN(Cc1ccco1)C(=O)CCc1ccc(F)cc1. The largest absolute Gasteiger partial charge is 0.495 e. The number of anilines is 1. The van der Waals surface area contributed by atoms with Crippen molar-refractivity contribution in [2.24, 2.45) is 0 Å². The summed E-state index contributed by atoms with van der Waals surface area (Å²) in [5.41, 5.74) is 1.38. The van der Waals surface area contributed by atoms with Crippen LogP contribution in [0.15, 0.2) is 71.3 Å². The van der Waals surface area contributed by atoms with Gasteiger partial charge in [-0.2, -0.15) is 0 Å². The van der Waals surface area contributed by atoms with Gasteiger partial charge in [-0.1, -0.05) is 24.3 Å². The van der Waals surface area contributed by atoms with Gasteiger partial charge in [-0.15, -0.1) is 0 Å². The predicted molar refractivity (Wildman–Crippen MR) is 110 cm³/mol. The number of carbonyl (C=O) groups excluding carboxylic acids is 2. The average molecular weight is 410 g/mol. The van der Waals surface area contributed by atoms with E-state index in [0.717, 1.165) is 5.56 Å². The molecule has 1 N–H and O–H groups in total. The van der Waals surface area contributed by atoms with E-state index in [-0.39, 0.29) is 37.1 Å². The van der Waals surface area contributed by atoms with Crippen molar-refractivity contribution in [3.05, 3.63) is 84.1 Å². The smallest absolute Gasteiger partial charge is 0.244 e. The molecule has 30 heavy (non-hydrogen) atoms. The zero-order valence-corrected chi connectivity index (χ0v) is 16.6. The summed E-state index contributed by atoms with van der Waals surface area (Å²) in [6, 6.07) is 16.5. The first-order chi connectivity index (χ1) is 14.5. The van der Waals surface area contributed by atoms with Crippen LogP contribution in [0.25, 0.3) is 0 Å². The molecule has 0 atom stereocenters. The lowest BCUT2D eigenvalue weighted by molar-refractivity contribution is -0.135. The molecule has 0 aliphatic rings. The highest BCUT2D eigenvalue weighted by atomic mass is 19.1. The number of nitrogens with zero attached hydrogens (tertiary/aromatic N) is 1. The Balaban J connectivity index is 1.65. The Morgan fingerprint density at radius 2 is 1.83 bits per heavy atom. The number of aryl methyl sites for hydroxylation is 1. The van der Waals surface area contributed by atoms with Crippen molar-refractivity contribution in [2.45, 2.75) is 19.4 Å². The Labute approximate surface area is 174 Å². The molecule has 0 radical (unpaired) electrons. The highest BCUT2D eigenvalue weighted by Gasteiger charge is 2.19. The number of hydrogen-bond donors (Lipinski definition) is 1. The molecule has 7 heteroatoms. The molecule has 0 fully saturated rings. The number of hydrogen-bond acceptors (Lipinski definition) is 4. The van der Waals surface area contributed by atoms with Crippen molar-refractivity contribution in [2.75, 3.05) is 19.0 Å². The summed E-state index contributed by atoms with van der Waals surface area (Å²) in [4.78, 5) is 26.9. The molecule has 1 heterocycles. The second-order valence-electron chi connectivity index (χ2n) is 6.70. The lowest BCUT2D eigenvalue weighted by Gasteiger charge is -2.21. The highest BCUT2D eigenvalue weighted by molar-refractivity contribution is 5.95. The molecule has 0 unspecified atom stereocenters. The zero-order valence-electron chi connectivity index (χ0n) is 16.6. The maximum absolute atomic E-state index is 13.1. The van der Waals surface area contributed by atoms with E-state index in [1.54, 1.807) is 48.5 Å². The van der Waals surface area contributed by atoms with Gasteiger partial charge < -0.3 is 19.4 Å². The third-order valence-electron chi connectivity index (χ3n) is 4.54.